The maximum atomic E-state index is 11.5. The minimum Gasteiger partial charge on any atom is -0.468 e. The van der Waals surface area contributed by atoms with Crippen molar-refractivity contribution in [3.8, 4) is 0 Å². The molecule has 0 aromatic carbocycles. The molecule has 5 nitrogen and oxygen atoms in total. The number of methoxy groups -OCH3 is 1. The first-order chi connectivity index (χ1) is 9.40. The van der Waals surface area contributed by atoms with Crippen molar-refractivity contribution in [2.24, 2.45) is 5.73 Å². The lowest BCUT2D eigenvalue weighted by molar-refractivity contribution is -0.146. The summed E-state index contributed by atoms with van der Waals surface area (Å²) in [6, 6.07) is 0.642. The molecule has 2 unspecified atom stereocenters. The minimum atomic E-state index is -0.844. The number of likely N-dealkylation sites (N-methyl/N-ethyl adjacent to an activating group) is 1. The van der Waals surface area contributed by atoms with Crippen molar-refractivity contribution in [1.82, 2.24) is 9.80 Å². The average molecular weight is 285 g/mol. The highest BCUT2D eigenvalue weighted by molar-refractivity contribution is 5.79. The van der Waals surface area contributed by atoms with Gasteiger partial charge in [0.25, 0.3) is 0 Å². The molecule has 0 aromatic heterocycles. The Morgan fingerprint density at radius 1 is 1.40 bits per heavy atom. The van der Waals surface area contributed by atoms with Gasteiger partial charge in [0, 0.05) is 25.7 Å². The Bertz CT molecular complexity index is 307. The molecule has 1 heterocycles. The van der Waals surface area contributed by atoms with Gasteiger partial charge in [0.05, 0.1) is 7.11 Å². The fourth-order valence-corrected chi connectivity index (χ4v) is 2.91. The molecule has 1 aliphatic rings. The number of esters is 1. The molecule has 1 aliphatic heterocycles. The van der Waals surface area contributed by atoms with Crippen molar-refractivity contribution in [3.05, 3.63) is 0 Å². The van der Waals surface area contributed by atoms with Crippen LogP contribution in [0.1, 0.15) is 40.0 Å². The van der Waals surface area contributed by atoms with Gasteiger partial charge >= 0.3 is 5.97 Å². The Morgan fingerprint density at radius 2 is 2.10 bits per heavy atom. The van der Waals surface area contributed by atoms with Crippen LogP contribution in [0, 0.1) is 0 Å². The third-order valence-corrected chi connectivity index (χ3v) is 4.33. The van der Waals surface area contributed by atoms with E-state index in [9.17, 15) is 4.79 Å². The molecule has 0 amide bonds. The van der Waals surface area contributed by atoms with E-state index < -0.39 is 5.54 Å². The highest BCUT2D eigenvalue weighted by Crippen LogP contribution is 2.14. The summed E-state index contributed by atoms with van der Waals surface area (Å²) in [7, 11) is 1.39. The van der Waals surface area contributed by atoms with E-state index in [4.69, 9.17) is 10.5 Å². The molecule has 2 atom stereocenters. The van der Waals surface area contributed by atoms with E-state index in [1.165, 1.54) is 7.11 Å². The lowest BCUT2D eigenvalue weighted by Crippen LogP contribution is -2.51. The van der Waals surface area contributed by atoms with Gasteiger partial charge in [-0.15, -0.1) is 0 Å². The molecule has 0 spiro atoms. The van der Waals surface area contributed by atoms with Crippen molar-refractivity contribution in [2.75, 3.05) is 39.8 Å². The summed E-state index contributed by atoms with van der Waals surface area (Å²) >= 11 is 0. The molecule has 1 rings (SSSR count). The smallest absolute Gasteiger partial charge is 0.325 e. The standard InChI is InChI=1S/C15H31N3O2/c1-5-18-11-10-17(12-13(18)2)9-7-6-8-15(3,16)14(19)20-4/h13H,5-12,16H2,1-4H3. The average Bonchev–Trinajstić information content (AvgIpc) is 2.42. The summed E-state index contributed by atoms with van der Waals surface area (Å²) in [5, 5.41) is 0. The fourth-order valence-electron chi connectivity index (χ4n) is 2.91. The van der Waals surface area contributed by atoms with Gasteiger partial charge in [0.15, 0.2) is 0 Å². The number of hydrogen-bond acceptors (Lipinski definition) is 5. The Balaban J connectivity index is 2.21. The van der Waals surface area contributed by atoms with Crippen LogP contribution >= 0.6 is 0 Å². The van der Waals surface area contributed by atoms with Crippen LogP contribution in [-0.4, -0.2) is 67.2 Å². The largest absolute Gasteiger partial charge is 0.468 e. The lowest BCUT2D eigenvalue weighted by Gasteiger charge is -2.39. The first-order valence-corrected chi connectivity index (χ1v) is 7.74. The number of nitrogens with zero attached hydrogens (tertiary/aromatic N) is 2. The Hall–Kier alpha value is -0.650. The molecule has 0 radical (unpaired) electrons. The second-order valence-corrected chi connectivity index (χ2v) is 6.14. The summed E-state index contributed by atoms with van der Waals surface area (Å²) in [5.74, 6) is -0.317. The number of ether oxygens (including phenoxy) is 1. The topological polar surface area (TPSA) is 58.8 Å². The highest BCUT2D eigenvalue weighted by atomic mass is 16.5. The maximum absolute atomic E-state index is 11.5. The Kier molecular flexibility index (Phi) is 6.92. The van der Waals surface area contributed by atoms with Gasteiger partial charge in [0.1, 0.15) is 5.54 Å². The van der Waals surface area contributed by atoms with Crippen LogP contribution in [0.4, 0.5) is 0 Å². The van der Waals surface area contributed by atoms with Crippen molar-refractivity contribution >= 4 is 5.97 Å². The van der Waals surface area contributed by atoms with Crippen molar-refractivity contribution in [3.63, 3.8) is 0 Å². The number of carbonyl (C=O) groups excluding carboxylic acids is 1. The predicted molar refractivity (Wildman–Crippen MR) is 81.6 cm³/mol. The van der Waals surface area contributed by atoms with Gasteiger partial charge < -0.3 is 15.4 Å². The molecule has 5 heteroatoms. The van der Waals surface area contributed by atoms with E-state index in [1.807, 2.05) is 0 Å². The predicted octanol–water partition coefficient (Wildman–Crippen LogP) is 1.07. The van der Waals surface area contributed by atoms with Crippen LogP contribution in [0.25, 0.3) is 0 Å². The van der Waals surface area contributed by atoms with Crippen molar-refractivity contribution in [2.45, 2.75) is 51.6 Å². The zero-order chi connectivity index (χ0) is 15.2. The van der Waals surface area contributed by atoms with E-state index in [0.29, 0.717) is 12.5 Å². The summed E-state index contributed by atoms with van der Waals surface area (Å²) in [6.07, 6.45) is 2.73. The summed E-state index contributed by atoms with van der Waals surface area (Å²) in [6.45, 7) is 12.0. The number of piperazine rings is 1. The molecule has 1 saturated heterocycles. The molecule has 118 valence electrons. The zero-order valence-electron chi connectivity index (χ0n) is 13.5. The second kappa shape index (κ2) is 7.96. The highest BCUT2D eigenvalue weighted by Gasteiger charge is 2.28. The zero-order valence-corrected chi connectivity index (χ0v) is 13.5. The summed E-state index contributed by atoms with van der Waals surface area (Å²) in [5.41, 5.74) is 5.11. The first kappa shape index (κ1) is 17.4. The summed E-state index contributed by atoms with van der Waals surface area (Å²) < 4.78 is 4.72. The number of rotatable bonds is 7. The van der Waals surface area contributed by atoms with E-state index in [2.05, 4.69) is 23.6 Å². The lowest BCUT2D eigenvalue weighted by atomic mass is 9.96. The number of unbranched alkanes of at least 4 members (excludes halogenated alkanes) is 1. The minimum absolute atomic E-state index is 0.317. The normalized spacial score (nSPS) is 24.4. The van der Waals surface area contributed by atoms with Crippen molar-refractivity contribution < 1.29 is 9.53 Å². The van der Waals surface area contributed by atoms with Crippen molar-refractivity contribution in [1.29, 1.82) is 0 Å². The third kappa shape index (κ3) is 5.04. The van der Waals surface area contributed by atoms with Gasteiger partial charge in [-0.3, -0.25) is 9.69 Å². The monoisotopic (exact) mass is 285 g/mol. The van der Waals surface area contributed by atoms with Crippen LogP contribution in [0.5, 0.6) is 0 Å². The molecule has 0 aliphatic carbocycles. The third-order valence-electron chi connectivity index (χ3n) is 4.33. The molecule has 1 fully saturated rings. The Morgan fingerprint density at radius 3 is 2.65 bits per heavy atom. The van der Waals surface area contributed by atoms with Crippen LogP contribution in [0.2, 0.25) is 0 Å². The number of carbonyl (C=O) groups is 1. The van der Waals surface area contributed by atoms with Crippen LogP contribution in [0.15, 0.2) is 0 Å². The molecular weight excluding hydrogens is 254 g/mol. The van der Waals surface area contributed by atoms with Gasteiger partial charge in [-0.2, -0.15) is 0 Å². The Labute approximate surface area is 123 Å². The first-order valence-electron chi connectivity index (χ1n) is 7.74. The SMILES string of the molecule is CCN1CCN(CCCCC(C)(N)C(=O)OC)CC1C. The van der Waals surface area contributed by atoms with Crippen LogP contribution in [0.3, 0.4) is 0 Å². The summed E-state index contributed by atoms with van der Waals surface area (Å²) in [4.78, 5) is 16.5. The number of hydrogen-bond donors (Lipinski definition) is 1. The van der Waals surface area contributed by atoms with Gasteiger partial charge in [-0.1, -0.05) is 6.92 Å². The quantitative estimate of drug-likeness (QED) is 0.560. The van der Waals surface area contributed by atoms with Crippen LogP contribution in [-0.2, 0) is 9.53 Å². The molecule has 20 heavy (non-hydrogen) atoms. The van der Waals surface area contributed by atoms with Gasteiger partial charge in [-0.25, -0.2) is 0 Å². The molecule has 0 saturated carbocycles. The molecule has 2 N–H and O–H groups in total. The van der Waals surface area contributed by atoms with Crippen LogP contribution < -0.4 is 5.73 Å². The van der Waals surface area contributed by atoms with Gasteiger partial charge in [0.2, 0.25) is 0 Å². The van der Waals surface area contributed by atoms with E-state index in [1.54, 1.807) is 6.92 Å². The van der Waals surface area contributed by atoms with E-state index in [-0.39, 0.29) is 5.97 Å². The van der Waals surface area contributed by atoms with Gasteiger partial charge in [-0.05, 0) is 46.2 Å². The molecule has 0 aromatic rings. The van der Waals surface area contributed by atoms with E-state index >= 15 is 0 Å². The maximum Gasteiger partial charge on any atom is 0.325 e. The molecular formula is C15H31N3O2. The second-order valence-electron chi connectivity index (χ2n) is 6.14. The molecule has 0 bridgehead atoms. The number of nitrogens with two attached hydrogens (primary N) is 1. The fraction of sp³-hybridized carbons (Fsp3) is 0.933. The van der Waals surface area contributed by atoms with E-state index in [0.717, 1.165) is 45.6 Å².